The first-order valence-corrected chi connectivity index (χ1v) is 8.07. The quantitative estimate of drug-likeness (QED) is 0.570. The molecule has 1 aliphatic rings. The minimum atomic E-state index is -0.435. The molecule has 124 valence electrons. The van der Waals surface area contributed by atoms with Gasteiger partial charge in [0.05, 0.1) is 17.6 Å². The second-order valence-electron chi connectivity index (χ2n) is 6.15. The van der Waals surface area contributed by atoms with E-state index in [0.29, 0.717) is 33.3 Å². The van der Waals surface area contributed by atoms with Gasteiger partial charge in [-0.3, -0.25) is 10.1 Å². The lowest BCUT2D eigenvalue weighted by Crippen LogP contribution is -2.11. The molecule has 4 rings (SSSR count). The maximum Gasteiger partial charge on any atom is 0.270 e. The molecule has 0 bridgehead atoms. The molecule has 0 amide bonds. The monoisotopic (exact) mass is 327 g/mol. The van der Waals surface area contributed by atoms with Gasteiger partial charge in [0, 0.05) is 22.9 Å². The number of nitro groups is 1. The smallest absolute Gasteiger partial charge is 0.270 e. The predicted octanol–water partition coefficient (Wildman–Crippen LogP) is 4.31. The molecule has 6 heteroatoms. The summed E-state index contributed by atoms with van der Waals surface area (Å²) in [5.74, 6) is 0.632. The van der Waals surface area contributed by atoms with E-state index in [2.05, 4.69) is 0 Å². The minimum absolute atomic E-state index is 0.00351. The maximum absolute atomic E-state index is 11.1. The highest BCUT2D eigenvalue weighted by atomic mass is 16.6. The Morgan fingerprint density at radius 3 is 2.75 bits per heavy atom. The van der Waals surface area contributed by atoms with Crippen molar-refractivity contribution in [2.75, 3.05) is 0 Å². The fraction of sp³-hybridized carbons (Fsp3) is 0.333. The van der Waals surface area contributed by atoms with E-state index in [0.717, 1.165) is 25.7 Å². The molecule has 0 spiro atoms. The molecule has 0 radical (unpaired) electrons. The van der Waals surface area contributed by atoms with Gasteiger partial charge in [0.15, 0.2) is 11.3 Å². The van der Waals surface area contributed by atoms with E-state index < -0.39 is 4.92 Å². The topological polar surface area (TPSA) is 85.7 Å². The number of furan rings is 1. The Hall–Kier alpha value is -2.60. The van der Waals surface area contributed by atoms with Gasteiger partial charge in [0.1, 0.15) is 5.58 Å². The number of nitrogens with zero attached hydrogens (tertiary/aromatic N) is 1. The Kier molecular flexibility index (Phi) is 3.61. The number of rotatable bonds is 4. The summed E-state index contributed by atoms with van der Waals surface area (Å²) < 4.78 is 12.0. The van der Waals surface area contributed by atoms with Gasteiger partial charge in [-0.2, -0.15) is 0 Å². The average molecular weight is 327 g/mol. The largest absolute Gasteiger partial charge is 0.486 e. The summed E-state index contributed by atoms with van der Waals surface area (Å²) in [4.78, 5) is 10.6. The number of aliphatic hydroxyl groups excluding tert-OH is 1. The molecule has 2 aromatic carbocycles. The second-order valence-corrected chi connectivity index (χ2v) is 6.15. The Morgan fingerprint density at radius 1 is 1.25 bits per heavy atom. The highest BCUT2D eigenvalue weighted by Crippen LogP contribution is 2.39. The van der Waals surface area contributed by atoms with Gasteiger partial charge in [-0.1, -0.05) is 6.07 Å². The standard InChI is InChI=1S/C18H17NO5/c20-10-11-5-7-16(23-13-3-1-2-4-13)18-17(11)14-9-12(19(21)22)6-8-15(14)24-18/h5-9,13,20H,1-4,10H2. The van der Waals surface area contributed by atoms with Gasteiger partial charge in [-0.25, -0.2) is 0 Å². The van der Waals surface area contributed by atoms with Crippen molar-refractivity contribution in [1.82, 2.24) is 0 Å². The molecule has 6 nitrogen and oxygen atoms in total. The first kappa shape index (κ1) is 15.0. The number of hydrogen-bond acceptors (Lipinski definition) is 5. The summed E-state index contributed by atoms with van der Waals surface area (Å²) in [5.41, 5.74) is 1.76. The van der Waals surface area contributed by atoms with E-state index in [4.69, 9.17) is 9.15 Å². The van der Waals surface area contributed by atoms with Crippen LogP contribution in [-0.2, 0) is 6.61 Å². The third-order valence-electron chi connectivity index (χ3n) is 4.63. The summed E-state index contributed by atoms with van der Waals surface area (Å²) in [6.45, 7) is -0.169. The first-order chi connectivity index (χ1) is 11.7. The van der Waals surface area contributed by atoms with Crippen LogP contribution in [0.15, 0.2) is 34.7 Å². The van der Waals surface area contributed by atoms with Crippen molar-refractivity contribution in [3.63, 3.8) is 0 Å². The summed E-state index contributed by atoms with van der Waals surface area (Å²) in [7, 11) is 0. The molecule has 1 aromatic heterocycles. The van der Waals surface area contributed by atoms with Crippen molar-refractivity contribution < 1.29 is 19.2 Å². The number of ether oxygens (including phenoxy) is 1. The lowest BCUT2D eigenvalue weighted by Gasteiger charge is -2.13. The van der Waals surface area contributed by atoms with Crippen molar-refractivity contribution >= 4 is 27.6 Å². The molecular weight excluding hydrogens is 310 g/mol. The molecule has 1 saturated carbocycles. The fourth-order valence-corrected chi connectivity index (χ4v) is 3.44. The van der Waals surface area contributed by atoms with E-state index in [-0.39, 0.29) is 18.4 Å². The molecule has 3 aromatic rings. The van der Waals surface area contributed by atoms with E-state index in [9.17, 15) is 15.2 Å². The fourth-order valence-electron chi connectivity index (χ4n) is 3.44. The van der Waals surface area contributed by atoms with E-state index in [1.807, 2.05) is 6.07 Å². The molecular formula is C18H17NO5. The Balaban J connectivity index is 1.92. The lowest BCUT2D eigenvalue weighted by molar-refractivity contribution is -0.384. The molecule has 0 aliphatic heterocycles. The molecule has 0 unspecified atom stereocenters. The zero-order valence-corrected chi connectivity index (χ0v) is 13.0. The SMILES string of the molecule is O=[N+]([O-])c1ccc2oc3c(OC4CCCC4)ccc(CO)c3c2c1. The van der Waals surface area contributed by atoms with Crippen LogP contribution in [0.5, 0.6) is 5.75 Å². The van der Waals surface area contributed by atoms with Crippen molar-refractivity contribution in [2.24, 2.45) is 0 Å². The highest BCUT2D eigenvalue weighted by molar-refractivity contribution is 6.09. The van der Waals surface area contributed by atoms with Crippen LogP contribution in [0.1, 0.15) is 31.2 Å². The van der Waals surface area contributed by atoms with Crippen molar-refractivity contribution in [2.45, 2.75) is 38.4 Å². The molecule has 1 heterocycles. The summed E-state index contributed by atoms with van der Waals surface area (Å²) in [5, 5.41) is 22.0. The highest BCUT2D eigenvalue weighted by Gasteiger charge is 2.22. The van der Waals surface area contributed by atoms with Crippen LogP contribution in [0, 0.1) is 10.1 Å². The Labute approximate surface area is 137 Å². The number of aliphatic hydroxyl groups is 1. The van der Waals surface area contributed by atoms with Crippen molar-refractivity contribution in [3.05, 3.63) is 46.0 Å². The van der Waals surface area contributed by atoms with E-state index in [1.165, 1.54) is 12.1 Å². The van der Waals surface area contributed by atoms with Gasteiger partial charge in [-0.05, 0) is 43.4 Å². The summed E-state index contributed by atoms with van der Waals surface area (Å²) in [6, 6.07) is 8.10. The molecule has 1 fully saturated rings. The van der Waals surface area contributed by atoms with Crippen LogP contribution in [0.3, 0.4) is 0 Å². The molecule has 1 aliphatic carbocycles. The Bertz CT molecular complexity index is 924. The Morgan fingerprint density at radius 2 is 2.04 bits per heavy atom. The molecule has 24 heavy (non-hydrogen) atoms. The maximum atomic E-state index is 11.1. The van der Waals surface area contributed by atoms with Gasteiger partial charge in [0.25, 0.3) is 5.69 Å². The zero-order chi connectivity index (χ0) is 16.7. The number of non-ortho nitro benzene ring substituents is 1. The van der Waals surface area contributed by atoms with Gasteiger partial charge in [0.2, 0.25) is 0 Å². The number of fused-ring (bicyclic) bond motifs is 3. The second kappa shape index (κ2) is 5.79. The van der Waals surface area contributed by atoms with Crippen LogP contribution in [-0.4, -0.2) is 16.1 Å². The van der Waals surface area contributed by atoms with Crippen molar-refractivity contribution in [1.29, 1.82) is 0 Å². The molecule has 0 saturated heterocycles. The number of nitro benzene ring substituents is 1. The number of benzene rings is 2. The normalized spacial score (nSPS) is 15.4. The molecule has 0 atom stereocenters. The summed E-state index contributed by atoms with van der Waals surface area (Å²) in [6.07, 6.45) is 4.55. The van der Waals surface area contributed by atoms with E-state index in [1.54, 1.807) is 12.1 Å². The average Bonchev–Trinajstić information content (AvgIpc) is 3.22. The first-order valence-electron chi connectivity index (χ1n) is 8.07. The van der Waals surface area contributed by atoms with Crippen LogP contribution >= 0.6 is 0 Å². The third-order valence-corrected chi connectivity index (χ3v) is 4.63. The zero-order valence-electron chi connectivity index (χ0n) is 13.0. The number of hydrogen-bond donors (Lipinski definition) is 1. The van der Waals surface area contributed by atoms with Crippen LogP contribution in [0.25, 0.3) is 21.9 Å². The predicted molar refractivity (Wildman–Crippen MR) is 89.2 cm³/mol. The van der Waals surface area contributed by atoms with E-state index >= 15 is 0 Å². The summed E-state index contributed by atoms with van der Waals surface area (Å²) >= 11 is 0. The van der Waals surface area contributed by atoms with Crippen molar-refractivity contribution in [3.8, 4) is 5.75 Å². The third kappa shape index (κ3) is 2.39. The van der Waals surface area contributed by atoms with Gasteiger partial charge in [-0.15, -0.1) is 0 Å². The lowest BCUT2D eigenvalue weighted by atomic mass is 10.1. The van der Waals surface area contributed by atoms with Crippen LogP contribution < -0.4 is 4.74 Å². The minimum Gasteiger partial charge on any atom is -0.486 e. The van der Waals surface area contributed by atoms with Crippen LogP contribution in [0.2, 0.25) is 0 Å². The van der Waals surface area contributed by atoms with Gasteiger partial charge < -0.3 is 14.3 Å². The van der Waals surface area contributed by atoms with Gasteiger partial charge >= 0.3 is 0 Å². The molecule has 1 N–H and O–H groups in total. The van der Waals surface area contributed by atoms with Crippen LogP contribution in [0.4, 0.5) is 5.69 Å².